The molecule has 7 heteroatoms. The normalized spacial score (nSPS) is 11.2. The zero-order chi connectivity index (χ0) is 18.4. The summed E-state index contributed by atoms with van der Waals surface area (Å²) in [4.78, 5) is 26.8. The molecule has 25 heavy (non-hydrogen) atoms. The minimum Gasteiger partial charge on any atom is -0.489 e. The molecule has 2 N–H and O–H groups in total. The van der Waals surface area contributed by atoms with Crippen LogP contribution < -0.4 is 10.1 Å². The van der Waals surface area contributed by atoms with E-state index in [-0.39, 0.29) is 25.5 Å². The number of alkyl carbamates (subject to hydrolysis) is 1. The van der Waals surface area contributed by atoms with Crippen LogP contribution in [-0.4, -0.2) is 42.4 Å². The predicted octanol–water partition coefficient (Wildman–Crippen LogP) is 3.25. The van der Waals surface area contributed by atoms with Crippen molar-refractivity contribution in [2.75, 3.05) is 19.8 Å². The Hall–Kier alpha value is -2.70. The number of ether oxygens (including phenoxy) is 3. The van der Waals surface area contributed by atoms with Crippen LogP contribution in [0.25, 0.3) is 10.9 Å². The number of carbonyl (C=O) groups excluding carboxylic acids is 2. The Balaban J connectivity index is 2.03. The average molecular weight is 348 g/mol. The van der Waals surface area contributed by atoms with Gasteiger partial charge in [0.2, 0.25) is 0 Å². The number of benzene rings is 1. The van der Waals surface area contributed by atoms with Gasteiger partial charge < -0.3 is 24.5 Å². The first-order valence-electron chi connectivity index (χ1n) is 8.19. The smallest absolute Gasteiger partial charge is 0.407 e. The van der Waals surface area contributed by atoms with E-state index < -0.39 is 17.7 Å². The minimum atomic E-state index is -0.557. The maximum absolute atomic E-state index is 12.1. The molecule has 0 aliphatic carbocycles. The number of aromatic amines is 1. The molecule has 0 atom stereocenters. The maximum Gasteiger partial charge on any atom is 0.407 e. The Morgan fingerprint density at radius 3 is 2.60 bits per heavy atom. The first kappa shape index (κ1) is 18.6. The second-order valence-corrected chi connectivity index (χ2v) is 6.37. The van der Waals surface area contributed by atoms with Crippen LogP contribution in [0.4, 0.5) is 4.79 Å². The summed E-state index contributed by atoms with van der Waals surface area (Å²) in [7, 11) is 0. The number of aromatic nitrogens is 1. The molecule has 1 amide bonds. The summed E-state index contributed by atoms with van der Waals surface area (Å²) in [6, 6.07) is 7.42. The van der Waals surface area contributed by atoms with E-state index in [0.29, 0.717) is 5.75 Å². The van der Waals surface area contributed by atoms with Crippen molar-refractivity contribution >= 4 is 23.0 Å². The molecule has 0 radical (unpaired) electrons. The molecule has 0 spiro atoms. The van der Waals surface area contributed by atoms with Crippen molar-refractivity contribution in [1.29, 1.82) is 0 Å². The quantitative estimate of drug-likeness (QED) is 0.618. The van der Waals surface area contributed by atoms with Crippen LogP contribution in [0, 0.1) is 0 Å². The third kappa shape index (κ3) is 5.14. The minimum absolute atomic E-state index is 0.188. The number of hydrogen-bond donors (Lipinski definition) is 2. The number of H-pyrrole nitrogens is 1. The molecule has 136 valence electrons. The molecule has 1 aromatic carbocycles. The van der Waals surface area contributed by atoms with Gasteiger partial charge in [-0.1, -0.05) is 12.1 Å². The number of rotatable bonds is 6. The van der Waals surface area contributed by atoms with Crippen molar-refractivity contribution in [2.45, 2.75) is 33.3 Å². The van der Waals surface area contributed by atoms with Crippen LogP contribution in [0.1, 0.15) is 38.2 Å². The number of fused-ring (bicyclic) bond motifs is 1. The van der Waals surface area contributed by atoms with E-state index in [9.17, 15) is 9.59 Å². The average Bonchev–Trinajstić information content (AvgIpc) is 2.89. The van der Waals surface area contributed by atoms with Gasteiger partial charge in [-0.15, -0.1) is 0 Å². The van der Waals surface area contributed by atoms with E-state index in [4.69, 9.17) is 14.2 Å². The first-order valence-corrected chi connectivity index (χ1v) is 8.19. The SMILES string of the molecule is CCOC(=O)c1[nH]c2ccccc2c1OCCNC(=O)OC(C)(C)C. The van der Waals surface area contributed by atoms with E-state index in [1.54, 1.807) is 27.7 Å². The predicted molar refractivity (Wildman–Crippen MR) is 94.0 cm³/mol. The Labute approximate surface area is 146 Å². The highest BCUT2D eigenvalue weighted by Gasteiger charge is 2.20. The number of carbonyl (C=O) groups is 2. The van der Waals surface area contributed by atoms with Crippen molar-refractivity contribution in [3.63, 3.8) is 0 Å². The summed E-state index contributed by atoms with van der Waals surface area (Å²) in [5.74, 6) is -0.0613. The molecular weight excluding hydrogens is 324 g/mol. The van der Waals surface area contributed by atoms with E-state index in [1.165, 1.54) is 0 Å². The Morgan fingerprint density at radius 2 is 1.92 bits per heavy atom. The summed E-state index contributed by atoms with van der Waals surface area (Å²) >= 11 is 0. The monoisotopic (exact) mass is 348 g/mol. The molecule has 1 heterocycles. The van der Waals surface area contributed by atoms with Gasteiger partial charge in [-0.2, -0.15) is 0 Å². The highest BCUT2D eigenvalue weighted by Crippen LogP contribution is 2.30. The lowest BCUT2D eigenvalue weighted by Gasteiger charge is -2.19. The topological polar surface area (TPSA) is 89.7 Å². The lowest BCUT2D eigenvalue weighted by molar-refractivity contribution is 0.0499. The molecule has 0 saturated carbocycles. The fourth-order valence-electron chi connectivity index (χ4n) is 2.23. The number of nitrogens with one attached hydrogen (secondary N) is 2. The molecule has 2 rings (SSSR count). The second kappa shape index (κ2) is 7.92. The van der Waals surface area contributed by atoms with Gasteiger partial charge in [0.25, 0.3) is 0 Å². The highest BCUT2D eigenvalue weighted by molar-refractivity contribution is 6.00. The number of hydrogen-bond acceptors (Lipinski definition) is 5. The zero-order valence-electron chi connectivity index (χ0n) is 15.0. The highest BCUT2D eigenvalue weighted by atomic mass is 16.6. The van der Waals surface area contributed by atoms with Crippen LogP contribution in [0.15, 0.2) is 24.3 Å². The van der Waals surface area contributed by atoms with Crippen LogP contribution in [0.3, 0.4) is 0 Å². The fraction of sp³-hybridized carbons (Fsp3) is 0.444. The van der Waals surface area contributed by atoms with Crippen LogP contribution in [0.5, 0.6) is 5.75 Å². The molecular formula is C18H24N2O5. The third-order valence-electron chi connectivity index (χ3n) is 3.15. The van der Waals surface area contributed by atoms with Gasteiger partial charge in [0.1, 0.15) is 12.2 Å². The van der Waals surface area contributed by atoms with Gasteiger partial charge in [0, 0.05) is 10.9 Å². The standard InChI is InChI=1S/C18H24N2O5/c1-5-23-16(21)14-15(12-8-6-7-9-13(12)20-14)24-11-10-19-17(22)25-18(2,3)4/h6-9,20H,5,10-11H2,1-4H3,(H,19,22). The molecule has 0 saturated heterocycles. The van der Waals surface area contributed by atoms with Gasteiger partial charge in [0.05, 0.1) is 13.2 Å². The zero-order valence-corrected chi connectivity index (χ0v) is 15.0. The summed E-state index contributed by atoms with van der Waals surface area (Å²) in [6.07, 6.45) is -0.513. The van der Waals surface area contributed by atoms with Gasteiger partial charge >= 0.3 is 12.1 Å². The molecule has 0 aliphatic heterocycles. The van der Waals surface area contributed by atoms with E-state index in [0.717, 1.165) is 10.9 Å². The van der Waals surface area contributed by atoms with Crippen LogP contribution in [0.2, 0.25) is 0 Å². The molecule has 7 nitrogen and oxygen atoms in total. The lowest BCUT2D eigenvalue weighted by atomic mass is 10.2. The molecule has 0 bridgehead atoms. The summed E-state index contributed by atoms with van der Waals surface area (Å²) in [5, 5.41) is 3.39. The Morgan fingerprint density at radius 1 is 1.20 bits per heavy atom. The Bertz CT molecular complexity index is 745. The molecule has 0 fully saturated rings. The fourth-order valence-corrected chi connectivity index (χ4v) is 2.23. The van der Waals surface area contributed by atoms with Crippen molar-refractivity contribution in [2.24, 2.45) is 0 Å². The van der Waals surface area contributed by atoms with Crippen LogP contribution >= 0.6 is 0 Å². The maximum atomic E-state index is 12.1. The van der Waals surface area contributed by atoms with Gasteiger partial charge in [-0.25, -0.2) is 9.59 Å². The van der Waals surface area contributed by atoms with Crippen LogP contribution in [-0.2, 0) is 9.47 Å². The van der Waals surface area contributed by atoms with E-state index in [1.807, 2.05) is 24.3 Å². The molecule has 1 aromatic heterocycles. The number of esters is 1. The van der Waals surface area contributed by atoms with Gasteiger partial charge in [0.15, 0.2) is 11.4 Å². The van der Waals surface area contributed by atoms with Gasteiger partial charge in [-0.05, 0) is 39.8 Å². The number of amides is 1. The molecule has 0 aliphatic rings. The number of para-hydroxylation sites is 1. The summed E-state index contributed by atoms with van der Waals surface area (Å²) in [5.41, 5.74) is 0.486. The Kier molecular flexibility index (Phi) is 5.90. The third-order valence-corrected chi connectivity index (χ3v) is 3.15. The molecule has 2 aromatic rings. The van der Waals surface area contributed by atoms with Crippen molar-refractivity contribution < 1.29 is 23.8 Å². The largest absolute Gasteiger partial charge is 0.489 e. The van der Waals surface area contributed by atoms with Crippen molar-refractivity contribution in [3.8, 4) is 5.75 Å². The van der Waals surface area contributed by atoms with E-state index >= 15 is 0 Å². The first-order chi connectivity index (χ1) is 11.8. The van der Waals surface area contributed by atoms with Gasteiger partial charge in [-0.3, -0.25) is 0 Å². The van der Waals surface area contributed by atoms with E-state index in [2.05, 4.69) is 10.3 Å². The second-order valence-electron chi connectivity index (χ2n) is 6.37. The molecule has 0 unspecified atom stereocenters. The van der Waals surface area contributed by atoms with Crippen molar-refractivity contribution in [1.82, 2.24) is 10.3 Å². The lowest BCUT2D eigenvalue weighted by Crippen LogP contribution is -2.34. The summed E-state index contributed by atoms with van der Waals surface area (Å²) < 4.78 is 15.9. The summed E-state index contributed by atoms with van der Waals surface area (Å²) in [6.45, 7) is 7.83. The van der Waals surface area contributed by atoms with Crippen molar-refractivity contribution in [3.05, 3.63) is 30.0 Å².